The van der Waals surface area contributed by atoms with Gasteiger partial charge in [-0.25, -0.2) is 8.42 Å². The van der Waals surface area contributed by atoms with Crippen LogP contribution < -0.4 is 9.62 Å². The second-order valence-corrected chi connectivity index (χ2v) is 9.49. The van der Waals surface area contributed by atoms with Crippen molar-refractivity contribution in [2.75, 3.05) is 9.62 Å². The van der Waals surface area contributed by atoms with E-state index in [1.165, 1.54) is 16.4 Å². The lowest BCUT2D eigenvalue weighted by Crippen LogP contribution is -2.30. The fourth-order valence-corrected chi connectivity index (χ4v) is 4.97. The average molecular weight is 457 g/mol. The zero-order valence-electron chi connectivity index (χ0n) is 18.2. The Labute approximate surface area is 194 Å². The van der Waals surface area contributed by atoms with Gasteiger partial charge in [0.05, 0.1) is 17.1 Å². The minimum atomic E-state index is -3.84. The molecule has 0 radical (unpaired) electrons. The van der Waals surface area contributed by atoms with E-state index in [-0.39, 0.29) is 17.3 Å². The van der Waals surface area contributed by atoms with Crippen molar-refractivity contribution < 1.29 is 13.2 Å². The van der Waals surface area contributed by atoms with Gasteiger partial charge in [0.2, 0.25) is 0 Å². The monoisotopic (exact) mass is 456 g/mol. The van der Waals surface area contributed by atoms with Crippen LogP contribution in [0.4, 0.5) is 11.4 Å². The zero-order chi connectivity index (χ0) is 23.3. The number of amides is 1. The topological polar surface area (TPSA) is 66.5 Å². The summed E-state index contributed by atoms with van der Waals surface area (Å²) in [6.07, 6.45) is 0. The van der Waals surface area contributed by atoms with Crippen LogP contribution in [0.15, 0.2) is 114 Å². The minimum Gasteiger partial charge on any atom is -0.322 e. The number of hydrogen-bond acceptors (Lipinski definition) is 3. The predicted octanol–water partition coefficient (Wildman–Crippen LogP) is 5.64. The van der Waals surface area contributed by atoms with E-state index in [2.05, 4.69) is 5.32 Å². The van der Waals surface area contributed by atoms with E-state index < -0.39 is 10.0 Å². The molecule has 0 aliphatic rings. The van der Waals surface area contributed by atoms with E-state index in [1.54, 1.807) is 30.3 Å². The first-order chi connectivity index (χ1) is 15.9. The highest BCUT2D eigenvalue weighted by atomic mass is 32.2. The molecule has 5 nitrogen and oxygen atoms in total. The molecule has 4 aromatic rings. The Kier molecular flexibility index (Phi) is 6.56. The lowest BCUT2D eigenvalue weighted by molar-refractivity contribution is 0.102. The summed E-state index contributed by atoms with van der Waals surface area (Å²) in [5.41, 5.74) is 3.43. The summed E-state index contributed by atoms with van der Waals surface area (Å²) < 4.78 is 28.5. The van der Waals surface area contributed by atoms with Crippen LogP contribution in [0.5, 0.6) is 0 Å². The maximum Gasteiger partial charge on any atom is 0.264 e. The molecule has 166 valence electrons. The van der Waals surface area contributed by atoms with Crippen molar-refractivity contribution in [2.24, 2.45) is 0 Å². The Hall–Kier alpha value is -3.90. The van der Waals surface area contributed by atoms with E-state index in [0.29, 0.717) is 16.9 Å². The lowest BCUT2D eigenvalue weighted by atomic mass is 10.1. The number of anilines is 2. The Morgan fingerprint density at radius 3 is 1.97 bits per heavy atom. The first-order valence-corrected chi connectivity index (χ1v) is 12.0. The molecule has 1 N–H and O–H groups in total. The predicted molar refractivity (Wildman–Crippen MR) is 132 cm³/mol. The molecule has 4 aromatic carbocycles. The smallest absolute Gasteiger partial charge is 0.264 e. The minimum absolute atomic E-state index is 0.149. The van der Waals surface area contributed by atoms with Crippen molar-refractivity contribution in [3.05, 3.63) is 126 Å². The molecule has 0 spiro atoms. The van der Waals surface area contributed by atoms with Crippen LogP contribution >= 0.6 is 0 Å². The van der Waals surface area contributed by atoms with Crippen LogP contribution in [0, 0.1) is 6.92 Å². The second-order valence-electron chi connectivity index (χ2n) is 7.63. The third-order valence-corrected chi connectivity index (χ3v) is 7.09. The van der Waals surface area contributed by atoms with E-state index >= 15 is 0 Å². The van der Waals surface area contributed by atoms with Crippen LogP contribution in [0.25, 0.3) is 0 Å². The molecule has 0 saturated carbocycles. The first kappa shape index (κ1) is 22.3. The Balaban J connectivity index is 1.60. The lowest BCUT2D eigenvalue weighted by Gasteiger charge is -2.25. The van der Waals surface area contributed by atoms with Crippen molar-refractivity contribution >= 4 is 27.3 Å². The van der Waals surface area contributed by atoms with E-state index in [4.69, 9.17) is 0 Å². The van der Waals surface area contributed by atoms with Gasteiger partial charge in [0, 0.05) is 11.3 Å². The number of sulfonamides is 1. The van der Waals surface area contributed by atoms with E-state index in [1.807, 2.05) is 73.7 Å². The van der Waals surface area contributed by atoms with Crippen LogP contribution in [0.1, 0.15) is 21.5 Å². The summed E-state index contributed by atoms with van der Waals surface area (Å²) in [6.45, 7) is 2.08. The molecule has 0 fully saturated rings. The Morgan fingerprint density at radius 2 is 1.33 bits per heavy atom. The summed E-state index contributed by atoms with van der Waals surface area (Å²) in [7, 11) is -3.84. The standard InChI is InChI=1S/C27H24N2O3S/c1-21-10-8-9-15-26(21)27(30)28-23-16-18-25(19-17-23)33(31,32)29(24-13-6-3-7-14-24)20-22-11-4-2-5-12-22/h2-19H,20H2,1H3,(H,28,30). The van der Waals surface area contributed by atoms with Gasteiger partial charge in [-0.2, -0.15) is 0 Å². The zero-order valence-corrected chi connectivity index (χ0v) is 19.0. The SMILES string of the molecule is Cc1ccccc1C(=O)Nc1ccc(S(=O)(=O)N(Cc2ccccc2)c2ccccc2)cc1. The number of para-hydroxylation sites is 1. The molecule has 0 saturated heterocycles. The van der Waals surface area contributed by atoms with Gasteiger partial charge in [0.1, 0.15) is 0 Å². The molecule has 1 amide bonds. The number of nitrogens with zero attached hydrogens (tertiary/aromatic N) is 1. The number of carbonyl (C=O) groups is 1. The number of carbonyl (C=O) groups excluding carboxylic acids is 1. The Morgan fingerprint density at radius 1 is 0.758 bits per heavy atom. The van der Waals surface area contributed by atoms with E-state index in [9.17, 15) is 13.2 Å². The van der Waals surface area contributed by atoms with Crippen molar-refractivity contribution in [2.45, 2.75) is 18.4 Å². The number of nitrogens with one attached hydrogen (secondary N) is 1. The van der Waals surface area contributed by atoms with Crippen LogP contribution in [-0.4, -0.2) is 14.3 Å². The summed E-state index contributed by atoms with van der Waals surface area (Å²) in [5, 5.41) is 2.83. The largest absolute Gasteiger partial charge is 0.322 e. The highest BCUT2D eigenvalue weighted by Gasteiger charge is 2.25. The van der Waals surface area contributed by atoms with Gasteiger partial charge >= 0.3 is 0 Å². The number of benzene rings is 4. The normalized spacial score (nSPS) is 11.1. The number of rotatable bonds is 7. The number of hydrogen-bond donors (Lipinski definition) is 1. The highest BCUT2D eigenvalue weighted by molar-refractivity contribution is 7.92. The third-order valence-electron chi connectivity index (χ3n) is 5.30. The maximum atomic E-state index is 13.6. The van der Waals surface area contributed by atoms with Crippen molar-refractivity contribution in [3.63, 3.8) is 0 Å². The summed E-state index contributed by atoms with van der Waals surface area (Å²) >= 11 is 0. The fourth-order valence-electron chi connectivity index (χ4n) is 3.52. The molecule has 0 bridgehead atoms. The van der Waals surface area contributed by atoms with Crippen LogP contribution in [-0.2, 0) is 16.6 Å². The van der Waals surface area contributed by atoms with E-state index in [0.717, 1.165) is 11.1 Å². The molecule has 0 atom stereocenters. The van der Waals surface area contributed by atoms with Crippen LogP contribution in [0.3, 0.4) is 0 Å². The summed E-state index contributed by atoms with van der Waals surface area (Å²) in [4.78, 5) is 12.7. The van der Waals surface area contributed by atoms with Crippen molar-refractivity contribution in [1.82, 2.24) is 0 Å². The average Bonchev–Trinajstić information content (AvgIpc) is 2.84. The fraction of sp³-hybridized carbons (Fsp3) is 0.0741. The second kappa shape index (κ2) is 9.71. The van der Waals surface area contributed by atoms with Crippen LogP contribution in [0.2, 0.25) is 0 Å². The van der Waals surface area contributed by atoms with Crippen molar-refractivity contribution in [1.29, 1.82) is 0 Å². The van der Waals surface area contributed by atoms with Gasteiger partial charge < -0.3 is 5.32 Å². The molecule has 33 heavy (non-hydrogen) atoms. The maximum absolute atomic E-state index is 13.6. The van der Waals surface area contributed by atoms with Gasteiger partial charge in [-0.05, 0) is 60.5 Å². The molecule has 6 heteroatoms. The molecule has 0 aliphatic heterocycles. The Bertz CT molecular complexity index is 1340. The number of aryl methyl sites for hydroxylation is 1. The van der Waals surface area contributed by atoms with Gasteiger partial charge in [0.25, 0.3) is 15.9 Å². The van der Waals surface area contributed by atoms with Gasteiger partial charge in [-0.1, -0.05) is 66.7 Å². The molecule has 0 aromatic heterocycles. The third kappa shape index (κ3) is 5.13. The first-order valence-electron chi connectivity index (χ1n) is 10.5. The van der Waals surface area contributed by atoms with Gasteiger partial charge in [-0.3, -0.25) is 9.10 Å². The summed E-state index contributed by atoms with van der Waals surface area (Å²) in [6, 6.07) is 32.0. The van der Waals surface area contributed by atoms with Gasteiger partial charge in [-0.15, -0.1) is 0 Å². The van der Waals surface area contributed by atoms with Crippen molar-refractivity contribution in [3.8, 4) is 0 Å². The highest BCUT2D eigenvalue weighted by Crippen LogP contribution is 2.27. The molecule has 0 heterocycles. The molecular weight excluding hydrogens is 432 g/mol. The quantitative estimate of drug-likeness (QED) is 0.391. The molecular formula is C27H24N2O3S. The molecule has 0 aliphatic carbocycles. The van der Waals surface area contributed by atoms with Gasteiger partial charge in [0.15, 0.2) is 0 Å². The summed E-state index contributed by atoms with van der Waals surface area (Å²) in [5.74, 6) is -0.237. The molecule has 4 rings (SSSR count). The molecule has 0 unspecified atom stereocenters.